The van der Waals surface area contributed by atoms with Crippen molar-refractivity contribution in [2.45, 2.75) is 44.1 Å². The molecule has 1 aromatic rings. The van der Waals surface area contributed by atoms with Crippen molar-refractivity contribution in [3.63, 3.8) is 0 Å². The Morgan fingerprint density at radius 1 is 1.19 bits per heavy atom. The van der Waals surface area contributed by atoms with Gasteiger partial charge in [0.15, 0.2) is 0 Å². The monoisotopic (exact) mass is 395 g/mol. The molecule has 1 N–H and O–H groups in total. The van der Waals surface area contributed by atoms with Gasteiger partial charge in [-0.2, -0.15) is 4.31 Å². The maximum absolute atomic E-state index is 12.8. The van der Waals surface area contributed by atoms with Gasteiger partial charge in [-0.25, -0.2) is 13.2 Å². The zero-order valence-electron chi connectivity index (χ0n) is 16.1. The highest BCUT2D eigenvalue weighted by molar-refractivity contribution is 7.89. The molecule has 2 aliphatic heterocycles. The van der Waals surface area contributed by atoms with Crippen LogP contribution in [0.15, 0.2) is 23.1 Å². The van der Waals surface area contributed by atoms with Crippen LogP contribution in [0.3, 0.4) is 0 Å². The number of rotatable bonds is 5. The first-order valence-corrected chi connectivity index (χ1v) is 11.0. The van der Waals surface area contributed by atoms with Crippen molar-refractivity contribution < 1.29 is 17.9 Å². The lowest BCUT2D eigenvalue weighted by Crippen LogP contribution is -2.53. The van der Waals surface area contributed by atoms with Gasteiger partial charge in [-0.3, -0.25) is 0 Å². The lowest BCUT2D eigenvalue weighted by molar-refractivity contribution is 0.104. The molecule has 150 valence electrons. The summed E-state index contributed by atoms with van der Waals surface area (Å²) in [5, 5.41) is 2.92. The highest BCUT2D eigenvalue weighted by Crippen LogP contribution is 2.20. The number of sulfonamides is 1. The summed E-state index contributed by atoms with van der Waals surface area (Å²) in [4.78, 5) is 14.3. The predicted octanol–water partition coefficient (Wildman–Crippen LogP) is 1.89. The third-order valence-electron chi connectivity index (χ3n) is 5.41. The zero-order chi connectivity index (χ0) is 19.4. The maximum Gasteiger partial charge on any atom is 0.317 e. The van der Waals surface area contributed by atoms with Crippen molar-refractivity contribution in [2.75, 3.05) is 39.3 Å². The van der Waals surface area contributed by atoms with Gasteiger partial charge in [-0.05, 0) is 56.4 Å². The zero-order valence-corrected chi connectivity index (χ0v) is 16.9. The molecule has 2 heterocycles. The van der Waals surface area contributed by atoms with Crippen LogP contribution >= 0.6 is 0 Å². The number of amides is 2. The number of ether oxygens (including phenoxy) is 1. The fourth-order valence-electron chi connectivity index (χ4n) is 3.48. The van der Waals surface area contributed by atoms with Crippen LogP contribution in [-0.2, 0) is 14.8 Å². The van der Waals surface area contributed by atoms with Crippen molar-refractivity contribution in [3.05, 3.63) is 29.3 Å². The van der Waals surface area contributed by atoms with Gasteiger partial charge >= 0.3 is 6.03 Å². The molecular weight excluding hydrogens is 366 g/mol. The minimum Gasteiger partial charge on any atom is -0.378 e. The standard InChI is InChI=1S/C19H29N3O4S/c1-15-5-6-18(14-16(15)2)27(24,25)22-11-9-21(10-12-22)19(23)20-8-7-17-4-3-13-26-17/h5-6,14,17H,3-4,7-13H2,1-2H3,(H,20,23). The first-order valence-electron chi connectivity index (χ1n) is 9.60. The van der Waals surface area contributed by atoms with Crippen LogP contribution in [0.25, 0.3) is 0 Å². The van der Waals surface area contributed by atoms with Crippen LogP contribution in [0.2, 0.25) is 0 Å². The average Bonchev–Trinajstić information content (AvgIpc) is 3.17. The van der Waals surface area contributed by atoms with Gasteiger partial charge in [0, 0.05) is 39.3 Å². The van der Waals surface area contributed by atoms with Crippen LogP contribution < -0.4 is 5.32 Å². The molecule has 0 saturated carbocycles. The van der Waals surface area contributed by atoms with Gasteiger partial charge in [0.05, 0.1) is 11.0 Å². The molecule has 1 aromatic carbocycles. The van der Waals surface area contributed by atoms with Crippen LogP contribution in [0.1, 0.15) is 30.4 Å². The van der Waals surface area contributed by atoms with E-state index in [0.29, 0.717) is 37.6 Å². The van der Waals surface area contributed by atoms with E-state index in [1.807, 2.05) is 19.9 Å². The van der Waals surface area contributed by atoms with E-state index >= 15 is 0 Å². The van der Waals surface area contributed by atoms with E-state index in [0.717, 1.165) is 37.0 Å². The molecule has 2 fully saturated rings. The SMILES string of the molecule is Cc1ccc(S(=O)(=O)N2CCN(C(=O)NCCC3CCCO3)CC2)cc1C. The Kier molecular flexibility index (Phi) is 6.39. The number of nitrogens with one attached hydrogen (secondary N) is 1. The summed E-state index contributed by atoms with van der Waals surface area (Å²) in [6, 6.07) is 5.08. The van der Waals surface area contributed by atoms with Gasteiger partial charge in [-0.1, -0.05) is 6.07 Å². The van der Waals surface area contributed by atoms with Crippen LogP contribution in [0.5, 0.6) is 0 Å². The minimum absolute atomic E-state index is 0.128. The molecule has 2 saturated heterocycles. The summed E-state index contributed by atoms with van der Waals surface area (Å²) < 4.78 is 32.7. The molecule has 2 aliphatic rings. The van der Waals surface area contributed by atoms with Crippen LogP contribution in [0, 0.1) is 13.8 Å². The first kappa shape index (κ1) is 20.1. The van der Waals surface area contributed by atoms with Gasteiger partial charge in [-0.15, -0.1) is 0 Å². The molecule has 7 nitrogen and oxygen atoms in total. The molecule has 0 spiro atoms. The Morgan fingerprint density at radius 3 is 2.56 bits per heavy atom. The number of piperazine rings is 1. The molecule has 3 rings (SSSR count). The summed E-state index contributed by atoms with van der Waals surface area (Å²) in [6.45, 7) is 6.70. The number of aryl methyl sites for hydroxylation is 2. The molecule has 1 unspecified atom stereocenters. The van der Waals surface area contributed by atoms with E-state index in [-0.39, 0.29) is 12.1 Å². The molecule has 0 radical (unpaired) electrons. The van der Waals surface area contributed by atoms with E-state index in [1.165, 1.54) is 4.31 Å². The Hall–Kier alpha value is -1.64. The summed E-state index contributed by atoms with van der Waals surface area (Å²) in [6.07, 6.45) is 3.23. The quantitative estimate of drug-likeness (QED) is 0.826. The van der Waals surface area contributed by atoms with E-state index in [4.69, 9.17) is 4.74 Å². The molecule has 1 atom stereocenters. The van der Waals surface area contributed by atoms with Gasteiger partial charge in [0.25, 0.3) is 0 Å². The number of urea groups is 1. The lowest BCUT2D eigenvalue weighted by atomic mass is 10.1. The van der Waals surface area contributed by atoms with Crippen molar-refractivity contribution in [1.29, 1.82) is 0 Å². The number of carbonyl (C=O) groups is 1. The second-order valence-electron chi connectivity index (χ2n) is 7.29. The smallest absolute Gasteiger partial charge is 0.317 e. The molecule has 0 aliphatic carbocycles. The molecule has 8 heteroatoms. The van der Waals surface area contributed by atoms with E-state index < -0.39 is 10.0 Å². The van der Waals surface area contributed by atoms with Crippen LogP contribution in [-0.4, -0.2) is 69.1 Å². The number of nitrogens with zero attached hydrogens (tertiary/aromatic N) is 2. The third-order valence-corrected chi connectivity index (χ3v) is 7.30. The lowest BCUT2D eigenvalue weighted by Gasteiger charge is -2.34. The molecule has 27 heavy (non-hydrogen) atoms. The second kappa shape index (κ2) is 8.58. The van der Waals surface area contributed by atoms with E-state index in [1.54, 1.807) is 17.0 Å². The molecule has 0 aromatic heterocycles. The second-order valence-corrected chi connectivity index (χ2v) is 9.23. The highest BCUT2D eigenvalue weighted by Gasteiger charge is 2.30. The number of carbonyl (C=O) groups excluding carboxylic acids is 1. The molecule has 0 bridgehead atoms. The Labute approximate surface area is 161 Å². The Bertz CT molecular complexity index is 767. The van der Waals surface area contributed by atoms with E-state index in [2.05, 4.69) is 5.32 Å². The van der Waals surface area contributed by atoms with E-state index in [9.17, 15) is 13.2 Å². The fraction of sp³-hybridized carbons (Fsp3) is 0.632. The van der Waals surface area contributed by atoms with Crippen molar-refractivity contribution >= 4 is 16.1 Å². The maximum atomic E-state index is 12.8. The molecule has 2 amide bonds. The topological polar surface area (TPSA) is 79.0 Å². The van der Waals surface area contributed by atoms with Crippen LogP contribution in [0.4, 0.5) is 4.79 Å². The minimum atomic E-state index is -3.52. The fourth-order valence-corrected chi connectivity index (χ4v) is 4.99. The third kappa shape index (κ3) is 4.80. The van der Waals surface area contributed by atoms with Crippen molar-refractivity contribution in [1.82, 2.24) is 14.5 Å². The van der Waals surface area contributed by atoms with Crippen molar-refractivity contribution in [2.24, 2.45) is 0 Å². The Balaban J connectivity index is 1.50. The summed E-state index contributed by atoms with van der Waals surface area (Å²) in [5.74, 6) is 0. The number of hydrogen-bond donors (Lipinski definition) is 1. The predicted molar refractivity (Wildman–Crippen MR) is 103 cm³/mol. The highest BCUT2D eigenvalue weighted by atomic mass is 32.2. The Morgan fingerprint density at radius 2 is 1.93 bits per heavy atom. The first-order chi connectivity index (χ1) is 12.9. The summed E-state index contributed by atoms with van der Waals surface area (Å²) in [5.41, 5.74) is 2.03. The van der Waals surface area contributed by atoms with Crippen molar-refractivity contribution in [3.8, 4) is 0 Å². The normalized spacial score (nSPS) is 21.4. The van der Waals surface area contributed by atoms with Gasteiger partial charge in [0.1, 0.15) is 0 Å². The molecular formula is C19H29N3O4S. The van der Waals surface area contributed by atoms with Gasteiger partial charge in [0.2, 0.25) is 10.0 Å². The summed E-state index contributed by atoms with van der Waals surface area (Å²) >= 11 is 0. The number of hydrogen-bond acceptors (Lipinski definition) is 4. The largest absolute Gasteiger partial charge is 0.378 e. The van der Waals surface area contributed by atoms with Gasteiger partial charge < -0.3 is 15.0 Å². The average molecular weight is 396 g/mol. The number of benzene rings is 1. The summed E-state index contributed by atoms with van der Waals surface area (Å²) in [7, 11) is -3.52.